The lowest BCUT2D eigenvalue weighted by Crippen LogP contribution is -2.28. The van der Waals surface area contributed by atoms with E-state index in [1.165, 1.54) is 70.4 Å². The number of thiophene rings is 1. The summed E-state index contributed by atoms with van der Waals surface area (Å²) in [7, 11) is 0. The Morgan fingerprint density at radius 2 is 0.980 bits per heavy atom. The SMILES string of the molecule is c1ccc(-c2cccc(N(c3ccc4c(c3)C(c3ccccc3)(c3ccccc3)c3ccccc3-4)c3cccc4c3sc3ccccc34)c2)cc1. The first-order chi connectivity index (χ1) is 25.3. The Kier molecular flexibility index (Phi) is 6.97. The summed E-state index contributed by atoms with van der Waals surface area (Å²) in [5, 5.41) is 2.59. The van der Waals surface area contributed by atoms with Gasteiger partial charge in [0.1, 0.15) is 0 Å². The maximum atomic E-state index is 2.48. The third-order valence-corrected chi connectivity index (χ3v) is 11.7. The minimum absolute atomic E-state index is 0.481. The Labute approximate surface area is 302 Å². The standard InChI is InChI=1S/C49H33NS/c1-4-16-34(17-5-1)35-18-14-23-38(32-35)50(46-28-15-26-43-42-25-11-13-29-47(42)51-48(43)46)39-30-31-41-40-24-10-12-27-44(40)49(45(41)33-39,36-19-6-2-7-20-36)37-21-8-3-9-22-37/h1-33H. The Bertz CT molecular complexity index is 2650. The molecular formula is C49H33NS. The van der Waals surface area contributed by atoms with E-state index in [1.807, 2.05) is 11.3 Å². The van der Waals surface area contributed by atoms with E-state index in [0.717, 1.165) is 11.4 Å². The summed E-state index contributed by atoms with van der Waals surface area (Å²) >= 11 is 1.87. The summed E-state index contributed by atoms with van der Waals surface area (Å²) in [4.78, 5) is 2.48. The smallest absolute Gasteiger partial charge is 0.0714 e. The van der Waals surface area contributed by atoms with Crippen LogP contribution in [-0.4, -0.2) is 0 Å². The molecule has 8 aromatic carbocycles. The summed E-state index contributed by atoms with van der Waals surface area (Å²) in [5.74, 6) is 0. The maximum Gasteiger partial charge on any atom is 0.0714 e. The molecule has 1 nitrogen and oxygen atoms in total. The molecule has 0 atom stereocenters. The molecule has 1 aliphatic carbocycles. The molecule has 240 valence electrons. The molecule has 0 amide bonds. The van der Waals surface area contributed by atoms with Crippen LogP contribution in [0.15, 0.2) is 200 Å². The van der Waals surface area contributed by atoms with E-state index in [2.05, 4.69) is 205 Å². The summed E-state index contributed by atoms with van der Waals surface area (Å²) in [5.41, 5.74) is 13.1. The molecule has 1 heterocycles. The molecule has 0 fully saturated rings. The van der Waals surface area contributed by atoms with Crippen LogP contribution < -0.4 is 4.90 Å². The molecule has 1 aromatic heterocycles. The zero-order chi connectivity index (χ0) is 33.8. The van der Waals surface area contributed by atoms with E-state index in [9.17, 15) is 0 Å². The zero-order valence-corrected chi connectivity index (χ0v) is 28.7. The van der Waals surface area contributed by atoms with E-state index in [1.54, 1.807) is 0 Å². The summed E-state index contributed by atoms with van der Waals surface area (Å²) in [6, 6.07) is 73.5. The monoisotopic (exact) mass is 667 g/mol. The van der Waals surface area contributed by atoms with Gasteiger partial charge in [0.2, 0.25) is 0 Å². The van der Waals surface area contributed by atoms with Crippen molar-refractivity contribution >= 4 is 48.6 Å². The van der Waals surface area contributed by atoms with Gasteiger partial charge in [-0.25, -0.2) is 0 Å². The number of benzene rings is 8. The van der Waals surface area contributed by atoms with Crippen molar-refractivity contribution < 1.29 is 0 Å². The van der Waals surface area contributed by atoms with Gasteiger partial charge in [-0.15, -0.1) is 11.3 Å². The van der Waals surface area contributed by atoms with Gasteiger partial charge in [0, 0.05) is 26.8 Å². The fourth-order valence-corrected chi connectivity index (χ4v) is 9.57. The second-order valence-corrected chi connectivity index (χ2v) is 14.3. The predicted octanol–water partition coefficient (Wildman–Crippen LogP) is 13.6. The van der Waals surface area contributed by atoms with E-state index >= 15 is 0 Å². The normalized spacial score (nSPS) is 12.9. The lowest BCUT2D eigenvalue weighted by Gasteiger charge is -2.35. The maximum absolute atomic E-state index is 2.48. The number of hydrogen-bond acceptors (Lipinski definition) is 2. The molecule has 51 heavy (non-hydrogen) atoms. The van der Waals surface area contributed by atoms with Crippen LogP contribution in [0.4, 0.5) is 17.1 Å². The second kappa shape index (κ2) is 12.0. The Balaban J connectivity index is 1.28. The van der Waals surface area contributed by atoms with Gasteiger partial charge in [-0.3, -0.25) is 0 Å². The number of nitrogens with zero attached hydrogens (tertiary/aromatic N) is 1. The van der Waals surface area contributed by atoms with Gasteiger partial charge >= 0.3 is 0 Å². The van der Waals surface area contributed by atoms with Crippen molar-refractivity contribution in [2.45, 2.75) is 5.41 Å². The molecule has 0 saturated heterocycles. The summed E-state index contributed by atoms with van der Waals surface area (Å²) in [6.07, 6.45) is 0. The van der Waals surface area contributed by atoms with Crippen molar-refractivity contribution in [2.75, 3.05) is 4.90 Å². The lowest BCUT2D eigenvalue weighted by atomic mass is 9.67. The molecule has 0 radical (unpaired) electrons. The third-order valence-electron chi connectivity index (χ3n) is 10.5. The molecule has 2 heteroatoms. The molecule has 0 N–H and O–H groups in total. The van der Waals surface area contributed by atoms with E-state index in [4.69, 9.17) is 0 Å². The highest BCUT2D eigenvalue weighted by atomic mass is 32.1. The quantitative estimate of drug-likeness (QED) is 0.171. The summed E-state index contributed by atoms with van der Waals surface area (Å²) < 4.78 is 2.58. The first-order valence-corrected chi connectivity index (χ1v) is 18.3. The molecule has 1 aliphatic rings. The van der Waals surface area contributed by atoms with E-state index < -0.39 is 5.41 Å². The van der Waals surface area contributed by atoms with Crippen LogP contribution in [0.3, 0.4) is 0 Å². The zero-order valence-electron chi connectivity index (χ0n) is 27.9. The minimum Gasteiger partial charge on any atom is -0.309 e. The van der Waals surface area contributed by atoms with E-state index in [-0.39, 0.29) is 0 Å². The average Bonchev–Trinajstić information content (AvgIpc) is 3.74. The van der Waals surface area contributed by atoms with Gasteiger partial charge in [-0.2, -0.15) is 0 Å². The molecule has 0 bridgehead atoms. The molecule has 9 aromatic rings. The molecule has 0 spiro atoms. The van der Waals surface area contributed by atoms with Crippen LogP contribution in [0.2, 0.25) is 0 Å². The number of fused-ring (bicyclic) bond motifs is 6. The fraction of sp³-hybridized carbons (Fsp3) is 0.0204. The van der Waals surface area contributed by atoms with Gasteiger partial charge in [0.15, 0.2) is 0 Å². The van der Waals surface area contributed by atoms with Gasteiger partial charge < -0.3 is 4.90 Å². The van der Waals surface area contributed by atoms with Gasteiger partial charge in [0.05, 0.1) is 15.8 Å². The number of rotatable bonds is 6. The highest BCUT2D eigenvalue weighted by Crippen LogP contribution is 2.57. The second-order valence-electron chi connectivity index (χ2n) is 13.3. The van der Waals surface area contributed by atoms with Crippen LogP contribution in [0.1, 0.15) is 22.3 Å². The predicted molar refractivity (Wildman–Crippen MR) is 217 cm³/mol. The van der Waals surface area contributed by atoms with Crippen molar-refractivity contribution in [1.82, 2.24) is 0 Å². The van der Waals surface area contributed by atoms with Crippen LogP contribution in [-0.2, 0) is 5.41 Å². The van der Waals surface area contributed by atoms with Gasteiger partial charge in [0.25, 0.3) is 0 Å². The molecule has 0 aliphatic heterocycles. The molecular weight excluding hydrogens is 635 g/mol. The van der Waals surface area contributed by atoms with Crippen LogP contribution in [0.25, 0.3) is 42.4 Å². The van der Waals surface area contributed by atoms with Crippen molar-refractivity contribution in [1.29, 1.82) is 0 Å². The van der Waals surface area contributed by atoms with E-state index in [0.29, 0.717) is 0 Å². The summed E-state index contributed by atoms with van der Waals surface area (Å²) in [6.45, 7) is 0. The van der Waals surface area contributed by atoms with Crippen LogP contribution in [0, 0.1) is 0 Å². The van der Waals surface area contributed by atoms with Crippen LogP contribution in [0.5, 0.6) is 0 Å². The highest BCUT2D eigenvalue weighted by Gasteiger charge is 2.46. The third kappa shape index (κ3) is 4.61. The Hall–Kier alpha value is -6.22. The minimum atomic E-state index is -0.481. The first kappa shape index (κ1) is 29.7. The first-order valence-electron chi connectivity index (χ1n) is 17.5. The van der Waals surface area contributed by atoms with Crippen LogP contribution >= 0.6 is 11.3 Å². The average molecular weight is 668 g/mol. The van der Waals surface area contributed by atoms with Gasteiger partial charge in [-0.05, 0) is 80.9 Å². The van der Waals surface area contributed by atoms with Crippen molar-refractivity contribution in [3.8, 4) is 22.3 Å². The number of anilines is 3. The molecule has 0 saturated carbocycles. The lowest BCUT2D eigenvalue weighted by molar-refractivity contribution is 0.768. The Morgan fingerprint density at radius 3 is 1.76 bits per heavy atom. The van der Waals surface area contributed by atoms with Crippen molar-refractivity contribution in [3.63, 3.8) is 0 Å². The highest BCUT2D eigenvalue weighted by molar-refractivity contribution is 7.26. The number of hydrogen-bond donors (Lipinski definition) is 0. The largest absolute Gasteiger partial charge is 0.309 e. The molecule has 0 unspecified atom stereocenters. The Morgan fingerprint density at radius 1 is 0.392 bits per heavy atom. The van der Waals surface area contributed by atoms with Crippen molar-refractivity contribution in [2.24, 2.45) is 0 Å². The fourth-order valence-electron chi connectivity index (χ4n) is 8.36. The topological polar surface area (TPSA) is 3.24 Å². The van der Waals surface area contributed by atoms with Gasteiger partial charge in [-0.1, -0.05) is 164 Å². The molecule has 10 rings (SSSR count). The van der Waals surface area contributed by atoms with Crippen molar-refractivity contribution in [3.05, 3.63) is 222 Å².